The van der Waals surface area contributed by atoms with Crippen LogP contribution in [0.25, 0.3) is 22.9 Å². The Labute approximate surface area is 187 Å². The van der Waals surface area contributed by atoms with E-state index in [1.54, 1.807) is 60.7 Å². The molecule has 0 bridgehead atoms. The fourth-order valence-corrected chi connectivity index (χ4v) is 4.04. The molecule has 2 heterocycles. The van der Waals surface area contributed by atoms with Crippen molar-refractivity contribution >= 4 is 27.5 Å². The average Bonchev–Trinajstić information content (AvgIpc) is 3.44. The van der Waals surface area contributed by atoms with Crippen LogP contribution in [0.1, 0.15) is 11.4 Å². The van der Waals surface area contributed by atoms with Gasteiger partial charge in [-0.15, -0.1) is 0 Å². The second kappa shape index (κ2) is 8.19. The zero-order valence-electron chi connectivity index (χ0n) is 16.4. The first-order valence-corrected chi connectivity index (χ1v) is 10.8. The Balaban J connectivity index is 1.78. The van der Waals surface area contributed by atoms with Crippen molar-refractivity contribution in [2.75, 3.05) is 11.4 Å². The van der Waals surface area contributed by atoms with Gasteiger partial charge in [-0.2, -0.15) is 28.9 Å². The average molecular weight is 466 g/mol. The Morgan fingerprint density at radius 1 is 0.875 bits per heavy atom. The van der Waals surface area contributed by atoms with Crippen LogP contribution in [0.2, 0.25) is 5.02 Å². The molecule has 2 aromatic carbocycles. The van der Waals surface area contributed by atoms with E-state index in [9.17, 15) is 18.9 Å². The smallest absolute Gasteiger partial charge is 0.303 e. The van der Waals surface area contributed by atoms with Crippen molar-refractivity contribution in [2.24, 2.45) is 0 Å². The van der Waals surface area contributed by atoms with Crippen LogP contribution in [0.15, 0.2) is 68.5 Å². The fourth-order valence-electron chi connectivity index (χ4n) is 2.80. The molecule has 9 nitrogen and oxygen atoms in total. The number of halogens is 1. The number of oxazole rings is 2. The van der Waals surface area contributed by atoms with Crippen molar-refractivity contribution in [1.82, 2.24) is 9.97 Å². The van der Waals surface area contributed by atoms with Crippen molar-refractivity contribution in [3.63, 3.8) is 0 Å². The fraction of sp³-hybridized carbons (Fsp3) is 0.0476. The molecule has 0 amide bonds. The summed E-state index contributed by atoms with van der Waals surface area (Å²) in [4.78, 5) is 8.05. The third-order valence-corrected chi connectivity index (χ3v) is 6.29. The summed E-state index contributed by atoms with van der Waals surface area (Å²) in [7, 11) is -3.29. The van der Waals surface area contributed by atoms with E-state index >= 15 is 0 Å². The molecule has 0 aliphatic heterocycles. The van der Waals surface area contributed by atoms with Gasteiger partial charge in [0.25, 0.3) is 5.09 Å². The number of aromatic nitrogens is 2. The minimum Gasteiger partial charge on any atom is -0.421 e. The maximum Gasteiger partial charge on any atom is 0.303 e. The van der Waals surface area contributed by atoms with Gasteiger partial charge in [0.15, 0.2) is 0 Å². The van der Waals surface area contributed by atoms with Crippen molar-refractivity contribution < 1.29 is 17.3 Å². The molecule has 0 N–H and O–H groups in total. The van der Waals surface area contributed by atoms with E-state index in [0.29, 0.717) is 20.5 Å². The first-order valence-electron chi connectivity index (χ1n) is 8.97. The molecule has 0 spiro atoms. The van der Waals surface area contributed by atoms with Gasteiger partial charge in [-0.25, -0.2) is 4.31 Å². The molecule has 0 saturated heterocycles. The quantitative estimate of drug-likeness (QED) is 0.427. The van der Waals surface area contributed by atoms with Crippen LogP contribution in [0.4, 0.5) is 5.88 Å². The Morgan fingerprint density at radius 2 is 1.44 bits per heavy atom. The summed E-state index contributed by atoms with van der Waals surface area (Å²) in [6.45, 7) is 0. The molecule has 0 fully saturated rings. The number of sulfonamides is 1. The van der Waals surface area contributed by atoms with Crippen molar-refractivity contribution in [3.05, 3.63) is 71.0 Å². The maximum atomic E-state index is 13.2. The molecule has 0 unspecified atom stereocenters. The van der Waals surface area contributed by atoms with Crippen LogP contribution >= 0.6 is 11.6 Å². The van der Waals surface area contributed by atoms with Gasteiger partial charge in [0.1, 0.15) is 12.1 Å². The summed E-state index contributed by atoms with van der Waals surface area (Å²) in [6.07, 6.45) is 0. The normalized spacial score (nSPS) is 11.0. The number of rotatable bonds is 5. The lowest BCUT2D eigenvalue weighted by Crippen LogP contribution is -2.27. The Morgan fingerprint density at radius 3 is 2.06 bits per heavy atom. The SMILES string of the molecule is CN(c1oc(-c2ccc(Cl)cc2)nc1C#N)S(=O)(=O)c1oc(-c2ccccc2)nc1C#N. The lowest BCUT2D eigenvalue weighted by Gasteiger charge is -2.14. The van der Waals surface area contributed by atoms with Gasteiger partial charge in [0.05, 0.1) is 0 Å². The number of benzene rings is 2. The topological polar surface area (TPSA) is 137 Å². The van der Waals surface area contributed by atoms with E-state index in [1.165, 1.54) is 0 Å². The molecule has 4 rings (SSSR count). The van der Waals surface area contributed by atoms with Gasteiger partial charge < -0.3 is 8.83 Å². The molecular formula is C21H12ClN5O4S. The van der Waals surface area contributed by atoms with Gasteiger partial charge in [-0.05, 0) is 36.4 Å². The van der Waals surface area contributed by atoms with Crippen molar-refractivity contribution in [1.29, 1.82) is 10.5 Å². The molecule has 0 aliphatic carbocycles. The van der Waals surface area contributed by atoms with E-state index in [1.807, 2.05) is 6.07 Å². The monoisotopic (exact) mass is 465 g/mol. The first-order chi connectivity index (χ1) is 15.3. The van der Waals surface area contributed by atoms with Crippen LogP contribution in [-0.4, -0.2) is 25.4 Å². The number of hydrogen-bond acceptors (Lipinski definition) is 8. The first kappa shape index (κ1) is 21.1. The summed E-state index contributed by atoms with van der Waals surface area (Å²) in [5.41, 5.74) is 0.302. The van der Waals surface area contributed by atoms with E-state index in [-0.39, 0.29) is 23.4 Å². The third-order valence-electron chi connectivity index (χ3n) is 4.41. The highest BCUT2D eigenvalue weighted by atomic mass is 35.5. The second-order valence-corrected chi connectivity index (χ2v) is 8.70. The van der Waals surface area contributed by atoms with E-state index in [4.69, 9.17) is 20.4 Å². The molecule has 4 aromatic rings. The van der Waals surface area contributed by atoms with Crippen LogP contribution < -0.4 is 4.31 Å². The highest BCUT2D eigenvalue weighted by Gasteiger charge is 2.35. The Bertz CT molecular complexity index is 1480. The van der Waals surface area contributed by atoms with Gasteiger partial charge in [-0.1, -0.05) is 29.8 Å². The summed E-state index contributed by atoms with van der Waals surface area (Å²) < 4.78 is 38.2. The Hall–Kier alpha value is -4.12. The molecule has 11 heteroatoms. The summed E-state index contributed by atoms with van der Waals surface area (Å²) in [5, 5.41) is 18.7. The predicted octanol–water partition coefficient (Wildman–Crippen LogP) is 4.22. The van der Waals surface area contributed by atoms with Gasteiger partial charge in [0.2, 0.25) is 29.1 Å². The molecule has 158 valence electrons. The summed E-state index contributed by atoms with van der Waals surface area (Å²) in [6, 6.07) is 18.5. The van der Waals surface area contributed by atoms with Gasteiger partial charge >= 0.3 is 10.0 Å². The molecule has 0 atom stereocenters. The van der Waals surface area contributed by atoms with Crippen molar-refractivity contribution in [2.45, 2.75) is 5.09 Å². The zero-order valence-corrected chi connectivity index (χ0v) is 17.9. The standard InChI is InChI=1S/C21H12ClN5O4S/c1-27(20-16(11-23)25-18(30-20)14-7-9-15(22)10-8-14)32(28,29)21-17(12-24)26-19(31-21)13-5-3-2-4-6-13/h2-10H,1H3. The molecule has 0 radical (unpaired) electrons. The third kappa shape index (κ3) is 3.69. The Kier molecular flexibility index (Phi) is 5.41. The predicted molar refractivity (Wildman–Crippen MR) is 114 cm³/mol. The van der Waals surface area contributed by atoms with Crippen LogP contribution in [0, 0.1) is 22.7 Å². The second-order valence-electron chi connectivity index (χ2n) is 6.40. The van der Waals surface area contributed by atoms with E-state index in [0.717, 1.165) is 7.05 Å². The molecule has 2 aromatic heterocycles. The summed E-state index contributed by atoms with van der Waals surface area (Å²) in [5.74, 6) is -0.341. The number of hydrogen-bond donors (Lipinski definition) is 0. The van der Waals surface area contributed by atoms with Crippen LogP contribution in [0.3, 0.4) is 0 Å². The minimum atomic E-state index is -4.45. The highest BCUT2D eigenvalue weighted by molar-refractivity contribution is 7.92. The largest absolute Gasteiger partial charge is 0.421 e. The van der Waals surface area contributed by atoms with Crippen LogP contribution in [-0.2, 0) is 10.0 Å². The highest BCUT2D eigenvalue weighted by Crippen LogP contribution is 2.33. The number of nitriles is 2. The lowest BCUT2D eigenvalue weighted by atomic mass is 10.2. The number of nitrogens with zero attached hydrogens (tertiary/aromatic N) is 5. The number of anilines is 1. The van der Waals surface area contributed by atoms with Crippen molar-refractivity contribution in [3.8, 4) is 35.0 Å². The van der Waals surface area contributed by atoms with Gasteiger partial charge in [0, 0.05) is 23.2 Å². The van der Waals surface area contributed by atoms with Gasteiger partial charge in [-0.3, -0.25) is 0 Å². The lowest BCUT2D eigenvalue weighted by molar-refractivity contribution is 0.455. The van der Waals surface area contributed by atoms with E-state index < -0.39 is 20.8 Å². The summed E-state index contributed by atoms with van der Waals surface area (Å²) >= 11 is 5.88. The molecule has 0 saturated carbocycles. The van der Waals surface area contributed by atoms with E-state index in [2.05, 4.69) is 9.97 Å². The molecule has 32 heavy (non-hydrogen) atoms. The molecule has 0 aliphatic rings. The molecular weight excluding hydrogens is 454 g/mol. The zero-order chi connectivity index (χ0) is 22.9. The van der Waals surface area contributed by atoms with Crippen LogP contribution in [0.5, 0.6) is 0 Å². The maximum absolute atomic E-state index is 13.2. The minimum absolute atomic E-state index is 0.0262.